The van der Waals surface area contributed by atoms with E-state index in [1.807, 2.05) is 31.4 Å². The van der Waals surface area contributed by atoms with Crippen LogP contribution in [-0.4, -0.2) is 24.3 Å². The van der Waals surface area contributed by atoms with E-state index < -0.39 is 5.97 Å². The number of aromatic nitrogens is 1. The normalized spacial score (nSPS) is 10.8. The maximum Gasteiger partial charge on any atom is 0.343 e. The summed E-state index contributed by atoms with van der Waals surface area (Å²) in [7, 11) is 1.52. The molecule has 0 aliphatic rings. The van der Waals surface area contributed by atoms with Gasteiger partial charge in [0.1, 0.15) is 0 Å². The Morgan fingerprint density at radius 3 is 2.59 bits per heavy atom. The van der Waals surface area contributed by atoms with Gasteiger partial charge in [0, 0.05) is 5.38 Å². The molecular weight excluding hydrogens is 362 g/mol. The van der Waals surface area contributed by atoms with Gasteiger partial charge in [0.25, 0.3) is 0 Å². The molecule has 0 saturated heterocycles. The smallest absolute Gasteiger partial charge is 0.343 e. The number of ether oxygens (including phenoxy) is 2. The van der Waals surface area contributed by atoms with Gasteiger partial charge in [-0.05, 0) is 49.7 Å². The molecule has 1 heterocycles. The van der Waals surface area contributed by atoms with Gasteiger partial charge < -0.3 is 9.47 Å². The molecule has 0 unspecified atom stereocenters. The molecule has 138 valence electrons. The van der Waals surface area contributed by atoms with E-state index in [0.29, 0.717) is 17.1 Å². The number of esters is 1. The van der Waals surface area contributed by atoms with Crippen LogP contribution in [0.1, 0.15) is 27.2 Å². The van der Waals surface area contributed by atoms with E-state index >= 15 is 0 Å². The van der Waals surface area contributed by atoms with Crippen molar-refractivity contribution in [2.24, 2.45) is 5.10 Å². The fourth-order valence-electron chi connectivity index (χ4n) is 2.26. The van der Waals surface area contributed by atoms with E-state index in [-0.39, 0.29) is 0 Å². The SMILES string of the molecule is COc1cc(/C=N\Nc2nc(C)cs2)ccc1OC(=O)c1ccc(C)cc1. The van der Waals surface area contributed by atoms with E-state index in [4.69, 9.17) is 9.47 Å². The molecule has 27 heavy (non-hydrogen) atoms. The van der Waals surface area contributed by atoms with Gasteiger partial charge in [-0.25, -0.2) is 9.78 Å². The van der Waals surface area contributed by atoms with E-state index in [1.165, 1.54) is 18.4 Å². The van der Waals surface area contributed by atoms with Gasteiger partial charge in [-0.15, -0.1) is 11.3 Å². The second-order valence-electron chi connectivity index (χ2n) is 5.83. The molecule has 2 aromatic carbocycles. The van der Waals surface area contributed by atoms with Crippen molar-refractivity contribution in [2.75, 3.05) is 12.5 Å². The lowest BCUT2D eigenvalue weighted by atomic mass is 10.1. The number of benzene rings is 2. The lowest BCUT2D eigenvalue weighted by molar-refractivity contribution is 0.0729. The Kier molecular flexibility index (Phi) is 5.83. The molecule has 6 nitrogen and oxygen atoms in total. The molecule has 0 atom stereocenters. The fourth-order valence-corrected chi connectivity index (χ4v) is 2.90. The van der Waals surface area contributed by atoms with Crippen LogP contribution < -0.4 is 14.9 Å². The first kappa shape index (κ1) is 18.6. The first-order chi connectivity index (χ1) is 13.0. The quantitative estimate of drug-likeness (QED) is 0.296. The molecule has 1 N–H and O–H groups in total. The molecule has 3 rings (SSSR count). The van der Waals surface area contributed by atoms with Crippen molar-refractivity contribution in [3.05, 3.63) is 70.2 Å². The maximum absolute atomic E-state index is 12.3. The van der Waals surface area contributed by atoms with Crippen molar-refractivity contribution >= 4 is 28.7 Å². The molecule has 0 aliphatic heterocycles. The average Bonchev–Trinajstić information content (AvgIpc) is 3.08. The third-order valence-electron chi connectivity index (χ3n) is 3.67. The fraction of sp³-hybridized carbons (Fsp3) is 0.150. The van der Waals surface area contributed by atoms with Crippen molar-refractivity contribution < 1.29 is 14.3 Å². The minimum atomic E-state index is -0.435. The first-order valence-electron chi connectivity index (χ1n) is 8.23. The summed E-state index contributed by atoms with van der Waals surface area (Å²) in [6, 6.07) is 12.4. The zero-order valence-electron chi connectivity index (χ0n) is 15.2. The van der Waals surface area contributed by atoms with Gasteiger partial charge in [0.05, 0.1) is 24.6 Å². The van der Waals surface area contributed by atoms with E-state index in [9.17, 15) is 4.79 Å². The zero-order chi connectivity index (χ0) is 19.2. The van der Waals surface area contributed by atoms with Gasteiger partial charge in [0.15, 0.2) is 11.5 Å². The molecule has 1 aromatic heterocycles. The average molecular weight is 381 g/mol. The summed E-state index contributed by atoms with van der Waals surface area (Å²) in [5.74, 6) is 0.365. The summed E-state index contributed by atoms with van der Waals surface area (Å²) < 4.78 is 10.8. The monoisotopic (exact) mass is 381 g/mol. The van der Waals surface area contributed by atoms with Crippen LogP contribution in [0.2, 0.25) is 0 Å². The Bertz CT molecular complexity index is 965. The molecule has 7 heteroatoms. The van der Waals surface area contributed by atoms with E-state index in [2.05, 4.69) is 15.5 Å². The topological polar surface area (TPSA) is 72.8 Å². The molecular formula is C20H19N3O3S. The molecule has 0 radical (unpaired) electrons. The predicted octanol–water partition coefficient (Wildman–Crippen LogP) is 4.43. The number of rotatable bonds is 6. The summed E-state index contributed by atoms with van der Waals surface area (Å²) in [5, 5.41) is 6.82. The molecule has 0 saturated carbocycles. The molecule has 0 bridgehead atoms. The number of hydrogen-bond acceptors (Lipinski definition) is 7. The van der Waals surface area contributed by atoms with Crippen LogP contribution in [0, 0.1) is 13.8 Å². The highest BCUT2D eigenvalue weighted by Crippen LogP contribution is 2.28. The second-order valence-corrected chi connectivity index (χ2v) is 6.69. The summed E-state index contributed by atoms with van der Waals surface area (Å²) in [6.07, 6.45) is 1.64. The first-order valence-corrected chi connectivity index (χ1v) is 9.11. The van der Waals surface area contributed by atoms with Crippen LogP contribution in [0.25, 0.3) is 0 Å². The number of nitrogens with zero attached hydrogens (tertiary/aromatic N) is 2. The van der Waals surface area contributed by atoms with Gasteiger partial charge in [0.2, 0.25) is 5.13 Å². The highest BCUT2D eigenvalue weighted by molar-refractivity contribution is 7.13. The van der Waals surface area contributed by atoms with Gasteiger partial charge in [-0.1, -0.05) is 17.7 Å². The highest BCUT2D eigenvalue weighted by Gasteiger charge is 2.12. The van der Waals surface area contributed by atoms with Crippen LogP contribution in [0.3, 0.4) is 0 Å². The van der Waals surface area contributed by atoms with Crippen LogP contribution >= 0.6 is 11.3 Å². The maximum atomic E-state index is 12.3. The third-order valence-corrected chi connectivity index (χ3v) is 4.54. The molecule has 0 fully saturated rings. The van der Waals surface area contributed by atoms with Crippen LogP contribution in [0.5, 0.6) is 11.5 Å². The summed E-state index contributed by atoms with van der Waals surface area (Å²) in [4.78, 5) is 16.6. The van der Waals surface area contributed by atoms with Crippen molar-refractivity contribution in [3.8, 4) is 11.5 Å². The van der Waals surface area contributed by atoms with Gasteiger partial charge in [-0.2, -0.15) is 5.10 Å². The molecule has 0 spiro atoms. The number of carbonyl (C=O) groups is 1. The lowest BCUT2D eigenvalue weighted by Crippen LogP contribution is -2.09. The zero-order valence-corrected chi connectivity index (χ0v) is 16.0. The summed E-state index contributed by atoms with van der Waals surface area (Å²) >= 11 is 1.48. The summed E-state index contributed by atoms with van der Waals surface area (Å²) in [6.45, 7) is 3.88. The number of methoxy groups -OCH3 is 1. The molecule has 3 aromatic rings. The second kappa shape index (κ2) is 8.46. The highest BCUT2D eigenvalue weighted by atomic mass is 32.1. The van der Waals surface area contributed by atoms with E-state index in [0.717, 1.165) is 22.0 Å². The number of carbonyl (C=O) groups excluding carboxylic acids is 1. The number of anilines is 1. The number of thiazole rings is 1. The number of aryl methyl sites for hydroxylation is 2. The minimum absolute atomic E-state index is 0.351. The Balaban J connectivity index is 1.70. The number of hydrogen-bond donors (Lipinski definition) is 1. The van der Waals surface area contributed by atoms with Crippen LogP contribution in [-0.2, 0) is 0 Å². The van der Waals surface area contributed by atoms with Gasteiger partial charge in [-0.3, -0.25) is 5.43 Å². The number of hydrazone groups is 1. The standard InChI is InChI=1S/C20H19N3O3S/c1-13-4-7-16(8-5-13)19(24)26-17-9-6-15(10-18(17)25-3)11-21-23-20-22-14(2)12-27-20/h4-12H,1-3H3,(H,22,23)/b21-11-. The van der Waals surface area contributed by atoms with Crippen molar-refractivity contribution in [1.29, 1.82) is 0 Å². The van der Waals surface area contributed by atoms with Crippen LogP contribution in [0.15, 0.2) is 52.9 Å². The Hall–Kier alpha value is -3.19. The molecule has 0 aliphatic carbocycles. The third kappa shape index (κ3) is 4.92. The largest absolute Gasteiger partial charge is 0.493 e. The Labute approximate surface area is 161 Å². The van der Waals surface area contributed by atoms with Crippen LogP contribution in [0.4, 0.5) is 5.13 Å². The minimum Gasteiger partial charge on any atom is -0.493 e. The Morgan fingerprint density at radius 1 is 1.15 bits per heavy atom. The number of nitrogens with one attached hydrogen (secondary N) is 1. The summed E-state index contributed by atoms with van der Waals surface area (Å²) in [5.41, 5.74) is 6.17. The van der Waals surface area contributed by atoms with Crippen molar-refractivity contribution in [1.82, 2.24) is 4.98 Å². The van der Waals surface area contributed by atoms with Crippen molar-refractivity contribution in [3.63, 3.8) is 0 Å². The lowest BCUT2D eigenvalue weighted by Gasteiger charge is -2.10. The van der Waals surface area contributed by atoms with Crippen molar-refractivity contribution in [2.45, 2.75) is 13.8 Å². The van der Waals surface area contributed by atoms with Gasteiger partial charge >= 0.3 is 5.97 Å². The van der Waals surface area contributed by atoms with E-state index in [1.54, 1.807) is 36.5 Å². The molecule has 0 amide bonds. The predicted molar refractivity (Wildman–Crippen MR) is 107 cm³/mol. The Morgan fingerprint density at radius 2 is 1.93 bits per heavy atom.